The molecule has 1 rings (SSSR count). The van der Waals surface area contributed by atoms with Crippen molar-refractivity contribution < 1.29 is 9.53 Å². The molecule has 0 saturated carbocycles. The second-order valence-electron chi connectivity index (χ2n) is 3.05. The third-order valence-electron chi connectivity index (χ3n) is 1.94. The standard InChI is InChI=1S/C10H12Cl2N2O2/c1-13-14-10(15)4-6-3-8(12)9(16-2)5-7(6)11/h3,5,13H,4H2,1-2H3,(H,14,15). The van der Waals surface area contributed by atoms with E-state index in [-0.39, 0.29) is 12.3 Å². The van der Waals surface area contributed by atoms with Gasteiger partial charge in [0.15, 0.2) is 0 Å². The molecular weight excluding hydrogens is 251 g/mol. The normalized spacial score (nSPS) is 10.0. The Labute approximate surface area is 104 Å². The lowest BCUT2D eigenvalue weighted by Crippen LogP contribution is -2.35. The Morgan fingerprint density at radius 3 is 2.62 bits per heavy atom. The molecule has 88 valence electrons. The van der Waals surface area contributed by atoms with Gasteiger partial charge in [-0.1, -0.05) is 23.2 Å². The lowest BCUT2D eigenvalue weighted by molar-refractivity contribution is -0.121. The zero-order chi connectivity index (χ0) is 12.1. The fourth-order valence-corrected chi connectivity index (χ4v) is 1.70. The van der Waals surface area contributed by atoms with Crippen LogP contribution in [-0.4, -0.2) is 20.1 Å². The number of hydrogen-bond donors (Lipinski definition) is 2. The van der Waals surface area contributed by atoms with Gasteiger partial charge in [-0.3, -0.25) is 10.2 Å². The topological polar surface area (TPSA) is 50.4 Å². The summed E-state index contributed by atoms with van der Waals surface area (Å²) in [5.74, 6) is 0.301. The summed E-state index contributed by atoms with van der Waals surface area (Å²) in [5, 5.41) is 0.881. The summed E-state index contributed by atoms with van der Waals surface area (Å²) in [6, 6.07) is 3.21. The summed E-state index contributed by atoms with van der Waals surface area (Å²) in [5.41, 5.74) is 5.64. The molecule has 16 heavy (non-hydrogen) atoms. The quantitative estimate of drug-likeness (QED) is 0.814. The highest BCUT2D eigenvalue weighted by atomic mass is 35.5. The van der Waals surface area contributed by atoms with Crippen molar-refractivity contribution in [2.24, 2.45) is 0 Å². The first-order valence-corrected chi connectivity index (χ1v) is 5.31. The average molecular weight is 263 g/mol. The number of carbonyl (C=O) groups is 1. The molecule has 0 atom stereocenters. The predicted molar refractivity (Wildman–Crippen MR) is 63.9 cm³/mol. The van der Waals surface area contributed by atoms with Gasteiger partial charge in [-0.25, -0.2) is 5.43 Å². The van der Waals surface area contributed by atoms with E-state index in [0.717, 1.165) is 0 Å². The lowest BCUT2D eigenvalue weighted by atomic mass is 10.1. The largest absolute Gasteiger partial charge is 0.495 e. The number of rotatable bonds is 4. The van der Waals surface area contributed by atoms with E-state index < -0.39 is 0 Å². The number of amides is 1. The van der Waals surface area contributed by atoms with Crippen LogP contribution in [0.3, 0.4) is 0 Å². The molecule has 0 radical (unpaired) electrons. The van der Waals surface area contributed by atoms with Crippen molar-refractivity contribution in [1.82, 2.24) is 10.9 Å². The summed E-state index contributed by atoms with van der Waals surface area (Å²) in [6.07, 6.45) is 0.156. The first-order valence-electron chi connectivity index (χ1n) is 4.56. The highest BCUT2D eigenvalue weighted by Crippen LogP contribution is 2.31. The van der Waals surface area contributed by atoms with E-state index in [1.807, 2.05) is 0 Å². The van der Waals surface area contributed by atoms with Gasteiger partial charge in [-0.2, -0.15) is 0 Å². The fourth-order valence-electron chi connectivity index (χ4n) is 1.22. The van der Waals surface area contributed by atoms with Gasteiger partial charge in [0, 0.05) is 18.1 Å². The number of ether oxygens (including phenoxy) is 1. The van der Waals surface area contributed by atoms with E-state index in [0.29, 0.717) is 21.4 Å². The summed E-state index contributed by atoms with van der Waals surface area (Å²) in [4.78, 5) is 11.3. The van der Waals surface area contributed by atoms with Gasteiger partial charge in [0.2, 0.25) is 5.91 Å². The third kappa shape index (κ3) is 3.27. The molecular formula is C10H12Cl2N2O2. The van der Waals surface area contributed by atoms with Crippen LogP contribution in [0.4, 0.5) is 0 Å². The Morgan fingerprint density at radius 1 is 1.38 bits per heavy atom. The molecule has 0 aliphatic heterocycles. The van der Waals surface area contributed by atoms with Crippen LogP contribution >= 0.6 is 23.2 Å². The molecule has 0 unspecified atom stereocenters. The number of hydrazine groups is 1. The molecule has 1 aromatic carbocycles. The lowest BCUT2D eigenvalue weighted by Gasteiger charge is -2.08. The summed E-state index contributed by atoms with van der Waals surface area (Å²) in [6.45, 7) is 0. The first kappa shape index (κ1) is 13.1. The van der Waals surface area contributed by atoms with Crippen LogP contribution in [0, 0.1) is 0 Å². The van der Waals surface area contributed by atoms with Gasteiger partial charge in [0.05, 0.1) is 18.6 Å². The Bertz CT molecular complexity index is 397. The van der Waals surface area contributed by atoms with Crippen molar-refractivity contribution in [2.75, 3.05) is 14.2 Å². The molecule has 0 aliphatic carbocycles. The van der Waals surface area contributed by atoms with E-state index in [9.17, 15) is 4.79 Å². The van der Waals surface area contributed by atoms with E-state index in [2.05, 4.69) is 10.9 Å². The molecule has 1 amide bonds. The number of carbonyl (C=O) groups excluding carboxylic acids is 1. The average Bonchev–Trinajstić information content (AvgIpc) is 2.23. The van der Waals surface area contributed by atoms with Crippen LogP contribution in [0.25, 0.3) is 0 Å². The fraction of sp³-hybridized carbons (Fsp3) is 0.300. The third-order valence-corrected chi connectivity index (χ3v) is 2.58. The number of methoxy groups -OCH3 is 1. The molecule has 0 aliphatic rings. The minimum absolute atomic E-state index is 0.156. The number of benzene rings is 1. The second-order valence-corrected chi connectivity index (χ2v) is 3.87. The maximum atomic E-state index is 11.3. The molecule has 6 heteroatoms. The maximum absolute atomic E-state index is 11.3. The molecule has 0 bridgehead atoms. The number of hydrogen-bond acceptors (Lipinski definition) is 3. The van der Waals surface area contributed by atoms with Crippen molar-refractivity contribution in [1.29, 1.82) is 0 Å². The Hall–Kier alpha value is -0.970. The second kappa shape index (κ2) is 5.94. The van der Waals surface area contributed by atoms with Crippen LogP contribution in [0.1, 0.15) is 5.56 Å². The van der Waals surface area contributed by atoms with E-state index >= 15 is 0 Å². The van der Waals surface area contributed by atoms with Crippen LogP contribution in [0.15, 0.2) is 12.1 Å². The molecule has 4 nitrogen and oxygen atoms in total. The van der Waals surface area contributed by atoms with Gasteiger partial charge in [0.1, 0.15) is 5.75 Å². The van der Waals surface area contributed by atoms with Crippen LogP contribution in [-0.2, 0) is 11.2 Å². The molecule has 2 N–H and O–H groups in total. The van der Waals surface area contributed by atoms with Crippen molar-refractivity contribution in [3.63, 3.8) is 0 Å². The minimum atomic E-state index is -0.189. The van der Waals surface area contributed by atoms with Crippen molar-refractivity contribution in [2.45, 2.75) is 6.42 Å². The molecule has 1 aromatic rings. The molecule has 0 spiro atoms. The first-order chi connectivity index (χ1) is 7.58. The summed E-state index contributed by atoms with van der Waals surface area (Å²) >= 11 is 11.9. The van der Waals surface area contributed by atoms with Crippen molar-refractivity contribution in [3.05, 3.63) is 27.7 Å². The highest BCUT2D eigenvalue weighted by Gasteiger charge is 2.10. The van der Waals surface area contributed by atoms with Gasteiger partial charge in [0.25, 0.3) is 0 Å². The summed E-state index contributed by atoms with van der Waals surface area (Å²) in [7, 11) is 3.12. The predicted octanol–water partition coefficient (Wildman–Crippen LogP) is 1.80. The zero-order valence-corrected chi connectivity index (χ0v) is 10.4. The monoisotopic (exact) mass is 262 g/mol. The van der Waals surface area contributed by atoms with E-state index in [4.69, 9.17) is 27.9 Å². The molecule has 0 aromatic heterocycles. The number of halogens is 2. The smallest absolute Gasteiger partial charge is 0.238 e. The van der Waals surface area contributed by atoms with Gasteiger partial charge >= 0.3 is 0 Å². The maximum Gasteiger partial charge on any atom is 0.238 e. The van der Waals surface area contributed by atoms with E-state index in [1.54, 1.807) is 19.2 Å². The minimum Gasteiger partial charge on any atom is -0.495 e. The van der Waals surface area contributed by atoms with Gasteiger partial charge < -0.3 is 4.74 Å². The number of nitrogens with one attached hydrogen (secondary N) is 2. The Kier molecular flexibility index (Phi) is 4.86. The highest BCUT2D eigenvalue weighted by molar-refractivity contribution is 6.34. The van der Waals surface area contributed by atoms with Crippen LogP contribution in [0.5, 0.6) is 5.75 Å². The van der Waals surface area contributed by atoms with Crippen molar-refractivity contribution >= 4 is 29.1 Å². The summed E-state index contributed by atoms with van der Waals surface area (Å²) < 4.78 is 5.00. The molecule has 0 fully saturated rings. The molecule has 0 saturated heterocycles. The van der Waals surface area contributed by atoms with Crippen LogP contribution < -0.4 is 15.6 Å². The van der Waals surface area contributed by atoms with Gasteiger partial charge in [-0.15, -0.1) is 0 Å². The Morgan fingerprint density at radius 2 is 2.06 bits per heavy atom. The Balaban J connectivity index is 2.89. The van der Waals surface area contributed by atoms with Gasteiger partial charge in [-0.05, 0) is 11.6 Å². The van der Waals surface area contributed by atoms with E-state index in [1.165, 1.54) is 7.11 Å². The zero-order valence-electron chi connectivity index (χ0n) is 8.93. The van der Waals surface area contributed by atoms with Crippen molar-refractivity contribution in [3.8, 4) is 5.75 Å². The molecule has 0 heterocycles. The van der Waals surface area contributed by atoms with Crippen LogP contribution in [0.2, 0.25) is 10.0 Å². The SMILES string of the molecule is CNNC(=O)Cc1cc(Cl)c(OC)cc1Cl.